The highest BCUT2D eigenvalue weighted by Crippen LogP contribution is 2.34. The Balaban J connectivity index is 1.41. The number of ketones is 1. The van der Waals surface area contributed by atoms with Gasteiger partial charge in [0.1, 0.15) is 18.7 Å². The first-order valence-electron chi connectivity index (χ1n) is 13.4. The molecule has 3 heterocycles. The van der Waals surface area contributed by atoms with Crippen LogP contribution in [0.15, 0.2) is 24.3 Å². The van der Waals surface area contributed by atoms with Crippen LogP contribution < -0.4 is 5.32 Å². The molecule has 7 nitrogen and oxygen atoms in total. The first-order chi connectivity index (χ1) is 17.3. The lowest BCUT2D eigenvalue weighted by atomic mass is 9.89. The van der Waals surface area contributed by atoms with Crippen LogP contribution >= 0.6 is 11.8 Å². The molecule has 1 aromatic rings. The molecule has 3 saturated heterocycles. The van der Waals surface area contributed by atoms with Crippen molar-refractivity contribution in [3.63, 3.8) is 0 Å². The largest absolute Gasteiger partial charge is 0.367 e. The number of nitrogens with one attached hydrogen (secondary N) is 1. The smallest absolute Gasteiger partial charge is 0.251 e. The number of carbonyl (C=O) groups excluding carboxylic acids is 3. The fourth-order valence-electron chi connectivity index (χ4n) is 5.89. The van der Waals surface area contributed by atoms with E-state index in [4.69, 9.17) is 4.74 Å². The number of nitrogens with zero attached hydrogens (tertiary/aromatic N) is 2. The number of carbonyl (C=O) groups is 3. The molecule has 1 aromatic carbocycles. The quantitative estimate of drug-likeness (QED) is 0.544. The summed E-state index contributed by atoms with van der Waals surface area (Å²) in [7, 11) is 0. The first kappa shape index (κ1) is 27.1. The van der Waals surface area contributed by atoms with Gasteiger partial charge in [-0.25, -0.2) is 0 Å². The summed E-state index contributed by atoms with van der Waals surface area (Å²) < 4.78 is 5.71. The molecule has 0 aromatic heterocycles. The predicted molar refractivity (Wildman–Crippen MR) is 143 cm³/mol. The molecule has 4 rings (SSSR count). The Morgan fingerprint density at radius 3 is 2.47 bits per heavy atom. The minimum absolute atomic E-state index is 0.0457. The van der Waals surface area contributed by atoms with E-state index in [2.05, 4.69) is 29.3 Å². The molecule has 0 radical (unpaired) electrons. The Labute approximate surface area is 219 Å². The van der Waals surface area contributed by atoms with E-state index in [-0.39, 0.29) is 41.5 Å². The van der Waals surface area contributed by atoms with Crippen LogP contribution in [0.25, 0.3) is 0 Å². The topological polar surface area (TPSA) is 79.0 Å². The molecule has 0 spiro atoms. The predicted octanol–water partition coefficient (Wildman–Crippen LogP) is 3.33. The lowest BCUT2D eigenvalue weighted by molar-refractivity contribution is -0.138. The van der Waals surface area contributed by atoms with E-state index in [0.717, 1.165) is 25.9 Å². The number of benzene rings is 1. The van der Waals surface area contributed by atoms with Gasteiger partial charge < -0.3 is 19.9 Å². The molecule has 0 aliphatic carbocycles. The van der Waals surface area contributed by atoms with Crippen molar-refractivity contribution in [2.75, 3.05) is 39.0 Å². The highest BCUT2D eigenvalue weighted by molar-refractivity contribution is 7.99. The molecule has 2 amide bonds. The number of likely N-dealkylation sites (tertiary alicyclic amines) is 2. The number of thioether (sulfide) groups is 1. The summed E-state index contributed by atoms with van der Waals surface area (Å²) in [6.45, 7) is 10.2. The molecule has 3 aliphatic rings. The number of piperidine rings is 1. The fourth-order valence-corrected chi connectivity index (χ4v) is 6.70. The third kappa shape index (κ3) is 5.97. The Kier molecular flexibility index (Phi) is 9.12. The molecule has 3 aliphatic heterocycles. The van der Waals surface area contributed by atoms with Gasteiger partial charge in [0, 0.05) is 12.1 Å². The summed E-state index contributed by atoms with van der Waals surface area (Å²) in [6.07, 6.45) is 5.73. The Morgan fingerprint density at radius 2 is 1.86 bits per heavy atom. The molecule has 36 heavy (non-hydrogen) atoms. The van der Waals surface area contributed by atoms with Gasteiger partial charge in [-0.05, 0) is 81.1 Å². The van der Waals surface area contributed by atoms with Crippen molar-refractivity contribution >= 4 is 29.4 Å². The van der Waals surface area contributed by atoms with Crippen LogP contribution in [-0.2, 0) is 14.3 Å². The summed E-state index contributed by atoms with van der Waals surface area (Å²) in [4.78, 5) is 43.5. The zero-order valence-corrected chi connectivity index (χ0v) is 22.9. The number of amides is 2. The normalized spacial score (nSPS) is 25.9. The molecule has 0 saturated carbocycles. The third-order valence-electron chi connectivity index (χ3n) is 7.81. The van der Waals surface area contributed by atoms with Crippen molar-refractivity contribution in [1.82, 2.24) is 15.1 Å². The zero-order valence-electron chi connectivity index (χ0n) is 22.1. The van der Waals surface area contributed by atoms with E-state index in [0.29, 0.717) is 24.4 Å². The standard InChI is InChI=1S/C28H41N3O4S/c1-5-12-30-13-10-20(11-14-30)19-6-8-21(9-7-19)27(33)29-22(15-18(2)3)28(34)31-16-24(36-4)26-25(31)23(32)17-35-26/h6-9,18,20,22,24-26H,5,10-17H2,1-4H3,(H,29,33)/t22?,24-,25+,26+/m0/s1. The van der Waals surface area contributed by atoms with Gasteiger partial charge in [0.2, 0.25) is 5.91 Å². The van der Waals surface area contributed by atoms with Crippen molar-refractivity contribution in [2.24, 2.45) is 5.92 Å². The van der Waals surface area contributed by atoms with E-state index < -0.39 is 12.1 Å². The maximum atomic E-state index is 13.6. The third-order valence-corrected chi connectivity index (χ3v) is 8.83. The van der Waals surface area contributed by atoms with E-state index in [1.165, 1.54) is 18.5 Å². The SMILES string of the molecule is CCCN1CCC(c2ccc(C(=O)NC(CC(C)C)C(=O)N3C[C@H](SC)[C@H]4OCC(=O)[C@H]43)cc2)CC1. The van der Waals surface area contributed by atoms with E-state index >= 15 is 0 Å². The Hall–Kier alpha value is -1.90. The van der Waals surface area contributed by atoms with Gasteiger partial charge >= 0.3 is 0 Å². The van der Waals surface area contributed by atoms with Crippen LogP contribution in [0.1, 0.15) is 68.3 Å². The average molecular weight is 516 g/mol. The molecule has 4 atom stereocenters. The lowest BCUT2D eigenvalue weighted by Crippen LogP contribution is -2.52. The van der Waals surface area contributed by atoms with Gasteiger partial charge in [-0.1, -0.05) is 32.9 Å². The van der Waals surface area contributed by atoms with Gasteiger partial charge in [0.25, 0.3) is 5.91 Å². The van der Waals surface area contributed by atoms with Crippen molar-refractivity contribution in [1.29, 1.82) is 0 Å². The monoisotopic (exact) mass is 515 g/mol. The zero-order chi connectivity index (χ0) is 25.8. The molecule has 1 unspecified atom stereocenters. The molecular formula is C28H41N3O4S. The molecule has 8 heteroatoms. The van der Waals surface area contributed by atoms with Crippen molar-refractivity contribution in [3.05, 3.63) is 35.4 Å². The Morgan fingerprint density at radius 1 is 1.17 bits per heavy atom. The Bertz CT molecular complexity index is 929. The highest BCUT2D eigenvalue weighted by atomic mass is 32.2. The van der Waals surface area contributed by atoms with Crippen molar-refractivity contribution < 1.29 is 19.1 Å². The van der Waals surface area contributed by atoms with Gasteiger partial charge in [-0.2, -0.15) is 11.8 Å². The second-order valence-electron chi connectivity index (χ2n) is 10.8. The van der Waals surface area contributed by atoms with Gasteiger partial charge in [0.15, 0.2) is 5.78 Å². The molecule has 3 fully saturated rings. The van der Waals surface area contributed by atoms with Crippen molar-refractivity contribution in [2.45, 2.75) is 75.8 Å². The summed E-state index contributed by atoms with van der Waals surface area (Å²) in [6, 6.07) is 6.68. The van der Waals surface area contributed by atoms with Crippen LogP contribution in [0.5, 0.6) is 0 Å². The summed E-state index contributed by atoms with van der Waals surface area (Å²) in [5.74, 6) is 0.271. The second-order valence-corrected chi connectivity index (χ2v) is 11.9. The lowest BCUT2D eigenvalue weighted by Gasteiger charge is -2.32. The molecule has 0 bridgehead atoms. The van der Waals surface area contributed by atoms with Gasteiger partial charge in [-0.15, -0.1) is 0 Å². The maximum Gasteiger partial charge on any atom is 0.251 e. The van der Waals surface area contributed by atoms with Gasteiger partial charge in [0.05, 0.1) is 11.4 Å². The number of hydrogen-bond acceptors (Lipinski definition) is 6. The van der Waals surface area contributed by atoms with Gasteiger partial charge in [-0.3, -0.25) is 14.4 Å². The molecule has 198 valence electrons. The minimum atomic E-state index is -0.672. The van der Waals surface area contributed by atoms with E-state index in [9.17, 15) is 14.4 Å². The average Bonchev–Trinajstić information content (AvgIpc) is 3.44. The van der Waals surface area contributed by atoms with E-state index in [1.54, 1.807) is 16.7 Å². The van der Waals surface area contributed by atoms with Crippen LogP contribution in [0.2, 0.25) is 0 Å². The van der Waals surface area contributed by atoms with Crippen molar-refractivity contribution in [3.8, 4) is 0 Å². The number of fused-ring (bicyclic) bond motifs is 1. The number of Topliss-reactive ketones (excluding diaryl/α,β-unsaturated/α-hetero) is 1. The summed E-state index contributed by atoms with van der Waals surface area (Å²) in [5.41, 5.74) is 1.84. The first-order valence-corrected chi connectivity index (χ1v) is 14.7. The summed E-state index contributed by atoms with van der Waals surface area (Å²) >= 11 is 1.62. The summed E-state index contributed by atoms with van der Waals surface area (Å²) in [5, 5.41) is 3.06. The molecule has 1 N–H and O–H groups in total. The van der Waals surface area contributed by atoms with Crippen LogP contribution in [-0.4, -0.2) is 89.9 Å². The second kappa shape index (κ2) is 12.1. The van der Waals surface area contributed by atoms with Crippen LogP contribution in [0.3, 0.4) is 0 Å². The maximum absolute atomic E-state index is 13.6. The van der Waals surface area contributed by atoms with Crippen LogP contribution in [0.4, 0.5) is 0 Å². The number of hydrogen-bond donors (Lipinski definition) is 1. The molecular weight excluding hydrogens is 474 g/mol. The number of rotatable bonds is 9. The number of ether oxygens (including phenoxy) is 1. The highest BCUT2D eigenvalue weighted by Gasteiger charge is 2.52. The minimum Gasteiger partial charge on any atom is -0.367 e. The fraction of sp³-hybridized carbons (Fsp3) is 0.679. The van der Waals surface area contributed by atoms with E-state index in [1.807, 2.05) is 32.2 Å². The van der Waals surface area contributed by atoms with Crippen LogP contribution in [0, 0.1) is 5.92 Å².